The number of urea groups is 1. The predicted octanol–water partition coefficient (Wildman–Crippen LogP) is 2.49. The fraction of sp³-hybridized carbons (Fsp3) is 0.333. The Bertz CT molecular complexity index is 1070. The smallest absolute Gasteiger partial charge is 0.329 e. The first-order valence-corrected chi connectivity index (χ1v) is 9.46. The molecular formula is C21H23N7O3. The van der Waals surface area contributed by atoms with Gasteiger partial charge < -0.3 is 4.84 Å². The third-order valence-corrected chi connectivity index (χ3v) is 4.27. The largest absolute Gasteiger partial charge is 0.398 e. The molecule has 160 valence electrons. The molecule has 10 nitrogen and oxygen atoms in total. The van der Waals surface area contributed by atoms with Crippen LogP contribution in [0.15, 0.2) is 35.6 Å². The second-order valence-corrected chi connectivity index (χ2v) is 7.08. The van der Waals surface area contributed by atoms with E-state index < -0.39 is 17.6 Å². The summed E-state index contributed by atoms with van der Waals surface area (Å²) in [7, 11) is 1.19. The van der Waals surface area contributed by atoms with Crippen LogP contribution in [-0.2, 0) is 22.7 Å². The van der Waals surface area contributed by atoms with Crippen LogP contribution >= 0.6 is 0 Å². The van der Waals surface area contributed by atoms with Gasteiger partial charge in [0.25, 0.3) is 5.91 Å². The molecule has 1 aromatic carbocycles. The van der Waals surface area contributed by atoms with E-state index in [1.54, 1.807) is 41.2 Å². The van der Waals surface area contributed by atoms with Gasteiger partial charge in [0, 0.05) is 6.54 Å². The number of anilines is 1. The highest BCUT2D eigenvalue weighted by Crippen LogP contribution is 2.23. The third kappa shape index (κ3) is 5.90. The molecule has 31 heavy (non-hydrogen) atoms. The van der Waals surface area contributed by atoms with Crippen molar-refractivity contribution in [3.05, 3.63) is 47.3 Å². The minimum atomic E-state index is -0.989. The van der Waals surface area contributed by atoms with Gasteiger partial charge in [-0.3, -0.25) is 19.7 Å². The van der Waals surface area contributed by atoms with E-state index in [-0.39, 0.29) is 6.54 Å². The highest BCUT2D eigenvalue weighted by atomic mass is 16.6. The Morgan fingerprint density at radius 1 is 1.35 bits per heavy atom. The molecule has 1 N–H and O–H groups in total. The van der Waals surface area contributed by atoms with E-state index in [9.17, 15) is 9.59 Å². The van der Waals surface area contributed by atoms with Crippen LogP contribution in [0.25, 0.3) is 0 Å². The minimum absolute atomic E-state index is 0.0755. The van der Waals surface area contributed by atoms with E-state index in [2.05, 4.69) is 40.3 Å². The number of rotatable bonds is 7. The molecule has 10 heteroatoms. The lowest BCUT2D eigenvalue weighted by molar-refractivity contribution is -0.113. The molecule has 0 fully saturated rings. The summed E-state index contributed by atoms with van der Waals surface area (Å²) < 4.78 is 1.78. The second-order valence-electron chi connectivity index (χ2n) is 7.08. The average molecular weight is 421 g/mol. The Morgan fingerprint density at radius 2 is 2.10 bits per heavy atom. The van der Waals surface area contributed by atoms with E-state index >= 15 is 0 Å². The molecule has 0 radical (unpaired) electrons. The molecule has 0 aliphatic rings. The zero-order valence-corrected chi connectivity index (χ0v) is 17.8. The van der Waals surface area contributed by atoms with Crippen LogP contribution in [0.1, 0.15) is 30.7 Å². The van der Waals surface area contributed by atoms with E-state index in [1.165, 1.54) is 12.0 Å². The summed E-state index contributed by atoms with van der Waals surface area (Å²) in [6.45, 7) is 6.66. The van der Waals surface area contributed by atoms with Gasteiger partial charge in [0.05, 0.1) is 35.8 Å². The molecule has 0 spiro atoms. The highest BCUT2D eigenvalue weighted by Gasteiger charge is 2.25. The van der Waals surface area contributed by atoms with E-state index in [1.807, 2.05) is 6.92 Å². The van der Waals surface area contributed by atoms with Crippen LogP contribution < -0.4 is 10.2 Å². The molecule has 0 atom stereocenters. The molecule has 2 rings (SSSR count). The number of nitriles is 2. The van der Waals surface area contributed by atoms with E-state index in [0.717, 1.165) is 5.69 Å². The van der Waals surface area contributed by atoms with Crippen molar-refractivity contribution in [1.29, 1.82) is 10.5 Å². The number of hydrogen-bond donors (Lipinski definition) is 1. The van der Waals surface area contributed by atoms with Crippen molar-refractivity contribution in [2.45, 2.75) is 33.9 Å². The number of nitrogens with one attached hydrogen (secondary N) is 1. The van der Waals surface area contributed by atoms with E-state index in [4.69, 9.17) is 10.5 Å². The number of nitrogens with zero attached hydrogens (tertiary/aromatic N) is 6. The first kappa shape index (κ1) is 23.1. The topological polar surface area (TPSA) is 136 Å². The summed E-state index contributed by atoms with van der Waals surface area (Å²) in [6.07, 6.45) is 1.55. The summed E-state index contributed by atoms with van der Waals surface area (Å²) in [5, 5.41) is 28.0. The molecule has 0 saturated carbocycles. The van der Waals surface area contributed by atoms with Gasteiger partial charge in [0.1, 0.15) is 13.2 Å². The van der Waals surface area contributed by atoms with Crippen molar-refractivity contribution >= 4 is 23.3 Å². The first-order valence-electron chi connectivity index (χ1n) is 9.46. The Balaban J connectivity index is 2.40. The minimum Gasteiger partial charge on any atom is -0.398 e. The number of aromatic nitrogens is 2. The van der Waals surface area contributed by atoms with Gasteiger partial charge in [-0.05, 0) is 30.5 Å². The summed E-state index contributed by atoms with van der Waals surface area (Å²) in [5.41, 5.74) is 1.77. The Labute approximate surface area is 180 Å². The van der Waals surface area contributed by atoms with Gasteiger partial charge in [-0.1, -0.05) is 31.1 Å². The molecule has 1 heterocycles. The number of oxime groups is 1. The molecule has 0 aliphatic carbocycles. The quantitative estimate of drug-likeness (QED) is 0.539. The second kappa shape index (κ2) is 10.6. The maximum absolute atomic E-state index is 13.0. The van der Waals surface area contributed by atoms with Crippen molar-refractivity contribution in [2.75, 3.05) is 12.0 Å². The summed E-state index contributed by atoms with van der Waals surface area (Å²) in [4.78, 5) is 31.0. The van der Waals surface area contributed by atoms with Gasteiger partial charge in [0.2, 0.25) is 5.71 Å². The molecule has 0 aliphatic heterocycles. The van der Waals surface area contributed by atoms with E-state index in [0.29, 0.717) is 29.3 Å². The fourth-order valence-corrected chi connectivity index (χ4v) is 2.85. The Kier molecular flexibility index (Phi) is 7.87. The normalized spacial score (nSPS) is 10.9. The average Bonchev–Trinajstić information content (AvgIpc) is 3.09. The van der Waals surface area contributed by atoms with Gasteiger partial charge in [-0.15, -0.1) is 0 Å². The van der Waals surface area contributed by atoms with Crippen molar-refractivity contribution in [1.82, 2.24) is 15.1 Å². The number of benzene rings is 1. The van der Waals surface area contributed by atoms with Crippen LogP contribution in [0.2, 0.25) is 0 Å². The lowest BCUT2D eigenvalue weighted by Crippen LogP contribution is -2.45. The lowest BCUT2D eigenvalue weighted by atomic mass is 10.1. The van der Waals surface area contributed by atoms with Crippen LogP contribution in [-0.4, -0.2) is 34.5 Å². The molecule has 2 aromatic rings. The summed E-state index contributed by atoms with van der Waals surface area (Å²) in [5.74, 6) is -0.650. The lowest BCUT2D eigenvalue weighted by Gasteiger charge is -2.22. The maximum atomic E-state index is 13.0. The zero-order valence-electron chi connectivity index (χ0n) is 17.8. The van der Waals surface area contributed by atoms with Gasteiger partial charge >= 0.3 is 6.03 Å². The van der Waals surface area contributed by atoms with Crippen molar-refractivity contribution < 1.29 is 14.4 Å². The highest BCUT2D eigenvalue weighted by molar-refractivity contribution is 6.47. The van der Waals surface area contributed by atoms with Crippen molar-refractivity contribution in [3.63, 3.8) is 0 Å². The maximum Gasteiger partial charge on any atom is 0.329 e. The predicted molar refractivity (Wildman–Crippen MR) is 113 cm³/mol. The van der Waals surface area contributed by atoms with Gasteiger partial charge in [-0.25, -0.2) is 4.79 Å². The Morgan fingerprint density at radius 3 is 2.71 bits per heavy atom. The third-order valence-electron chi connectivity index (χ3n) is 4.27. The fourth-order valence-electron chi connectivity index (χ4n) is 2.85. The molecule has 1 aromatic heterocycles. The zero-order chi connectivity index (χ0) is 23.0. The summed E-state index contributed by atoms with van der Waals surface area (Å²) in [6, 6.07) is 9.66. The Hall–Kier alpha value is -4.18. The van der Waals surface area contributed by atoms with Crippen molar-refractivity contribution in [2.24, 2.45) is 11.1 Å². The number of carbonyl (C=O) groups is 2. The summed E-state index contributed by atoms with van der Waals surface area (Å²) >= 11 is 0. The molecule has 3 amide bonds. The SMILES string of the molecule is CO/N=C(/C#N)C(=O)NC(=O)N(Cc1cccc(C#N)c1)c1cnn(CC(C)C)c1C. The van der Waals surface area contributed by atoms with Gasteiger partial charge in [-0.2, -0.15) is 15.6 Å². The standard InChI is InChI=1S/C21H23N7O3/c1-14(2)12-28-15(3)19(11-24-28)27(13-17-7-5-6-16(8-17)9-22)21(30)25-20(29)18(10-23)26-31-4/h5-8,11,14H,12-13H2,1-4H3,(H,25,29,30)/b26-18-. The number of amides is 3. The van der Waals surface area contributed by atoms with Crippen LogP contribution in [0, 0.1) is 35.5 Å². The number of imide groups is 1. The van der Waals surface area contributed by atoms with Crippen LogP contribution in [0.3, 0.4) is 0 Å². The molecule has 0 saturated heterocycles. The number of carbonyl (C=O) groups excluding carboxylic acids is 2. The first-order chi connectivity index (χ1) is 14.8. The number of hydrogen-bond acceptors (Lipinski definition) is 7. The molecule has 0 unspecified atom stereocenters. The van der Waals surface area contributed by atoms with Crippen molar-refractivity contribution in [3.8, 4) is 12.1 Å². The van der Waals surface area contributed by atoms with Gasteiger partial charge in [0.15, 0.2) is 0 Å². The molecule has 0 bridgehead atoms. The van der Waals surface area contributed by atoms with Crippen LogP contribution in [0.5, 0.6) is 0 Å². The molecular weight excluding hydrogens is 398 g/mol. The van der Waals surface area contributed by atoms with Crippen LogP contribution in [0.4, 0.5) is 10.5 Å². The monoisotopic (exact) mass is 421 g/mol.